The minimum Gasteiger partial charge on any atom is -0.339 e. The first-order chi connectivity index (χ1) is 13.3. The summed E-state index contributed by atoms with van der Waals surface area (Å²) in [6.45, 7) is 4.06. The molecule has 2 aromatic rings. The van der Waals surface area contributed by atoms with Crippen LogP contribution in [0.25, 0.3) is 0 Å². The van der Waals surface area contributed by atoms with Crippen molar-refractivity contribution in [2.75, 3.05) is 26.2 Å². The molecule has 3 rings (SSSR count). The van der Waals surface area contributed by atoms with Crippen LogP contribution < -0.4 is 0 Å². The Hall–Kier alpha value is -2.89. The van der Waals surface area contributed by atoms with Crippen molar-refractivity contribution < 1.29 is 18.5 Å². The Kier molecular flexibility index (Phi) is 5.68. The van der Waals surface area contributed by atoms with E-state index in [-0.39, 0.29) is 18.1 Å². The van der Waals surface area contributed by atoms with Gasteiger partial charge in [0.25, 0.3) is 6.43 Å². The molecule has 1 fully saturated rings. The number of hydrogen-bond donors (Lipinski definition) is 0. The van der Waals surface area contributed by atoms with Crippen LogP contribution in [0.3, 0.4) is 0 Å². The lowest BCUT2D eigenvalue weighted by molar-refractivity contribution is -0.386. The number of aromatic nitrogens is 4. The number of halogens is 2. The van der Waals surface area contributed by atoms with Crippen LogP contribution in [0, 0.1) is 17.0 Å². The van der Waals surface area contributed by atoms with Crippen LogP contribution in [-0.2, 0) is 24.9 Å². The molecule has 0 spiro atoms. The number of carbonyl (C=O) groups is 1. The summed E-state index contributed by atoms with van der Waals surface area (Å²) in [5.74, 6) is -0.303. The summed E-state index contributed by atoms with van der Waals surface area (Å²) in [6, 6.07) is 0. The molecule has 0 saturated carbocycles. The van der Waals surface area contributed by atoms with E-state index in [9.17, 15) is 23.7 Å². The number of nitro groups is 1. The summed E-state index contributed by atoms with van der Waals surface area (Å²) in [5, 5.41) is 18.8. The van der Waals surface area contributed by atoms with E-state index in [0.717, 1.165) is 16.8 Å². The third-order valence-electron chi connectivity index (χ3n) is 4.76. The van der Waals surface area contributed by atoms with Gasteiger partial charge in [0.05, 0.1) is 11.1 Å². The Labute approximate surface area is 159 Å². The van der Waals surface area contributed by atoms with Gasteiger partial charge in [0.1, 0.15) is 12.2 Å². The van der Waals surface area contributed by atoms with Gasteiger partial charge in [-0.25, -0.2) is 8.78 Å². The highest BCUT2D eigenvalue weighted by Crippen LogP contribution is 2.30. The molecule has 3 heterocycles. The highest BCUT2D eigenvalue weighted by Gasteiger charge is 2.32. The molecule has 0 bridgehead atoms. The lowest BCUT2D eigenvalue weighted by atomic mass is 10.2. The third kappa shape index (κ3) is 4.16. The normalized spacial score (nSPS) is 15.4. The second kappa shape index (κ2) is 8.00. The van der Waals surface area contributed by atoms with Crippen LogP contribution in [0.15, 0.2) is 12.4 Å². The molecular formula is C16H21F2N7O3. The van der Waals surface area contributed by atoms with E-state index in [4.69, 9.17) is 0 Å². The minimum atomic E-state index is -3.08. The first-order valence-corrected chi connectivity index (χ1v) is 8.73. The number of rotatable bonds is 6. The van der Waals surface area contributed by atoms with E-state index in [2.05, 4.69) is 15.1 Å². The Bertz CT molecular complexity index is 872. The van der Waals surface area contributed by atoms with Gasteiger partial charge < -0.3 is 4.90 Å². The van der Waals surface area contributed by atoms with Gasteiger partial charge in [0.2, 0.25) is 11.6 Å². The average Bonchev–Trinajstić information content (AvgIpc) is 3.19. The van der Waals surface area contributed by atoms with Gasteiger partial charge in [-0.1, -0.05) is 0 Å². The molecule has 0 N–H and O–H groups in total. The van der Waals surface area contributed by atoms with Gasteiger partial charge >= 0.3 is 5.69 Å². The fraction of sp³-hybridized carbons (Fsp3) is 0.562. The number of amides is 1. The highest BCUT2D eigenvalue weighted by atomic mass is 19.3. The Balaban J connectivity index is 1.60. The maximum atomic E-state index is 13.0. The number of hydrogen-bond acceptors (Lipinski definition) is 6. The first kappa shape index (κ1) is 19.9. The number of piperazine rings is 1. The van der Waals surface area contributed by atoms with Gasteiger partial charge in [-0.3, -0.25) is 29.2 Å². The second-order valence-corrected chi connectivity index (χ2v) is 6.71. The number of carbonyl (C=O) groups excluding carboxylic acids is 1. The zero-order valence-electron chi connectivity index (χ0n) is 15.6. The average molecular weight is 397 g/mol. The van der Waals surface area contributed by atoms with Crippen LogP contribution in [0.1, 0.15) is 23.4 Å². The van der Waals surface area contributed by atoms with E-state index in [0.29, 0.717) is 26.2 Å². The predicted molar refractivity (Wildman–Crippen MR) is 93.6 cm³/mol. The molecule has 0 aliphatic carbocycles. The lowest BCUT2D eigenvalue weighted by Gasteiger charge is -2.34. The molecule has 1 saturated heterocycles. The maximum Gasteiger partial charge on any atom is 0.319 e. The monoisotopic (exact) mass is 397 g/mol. The SMILES string of the molecule is Cc1c([N+](=O)[O-])c(C(F)F)nn1CC(=O)N1CCN(Cc2cnn(C)c2)CC1. The van der Waals surface area contributed by atoms with Gasteiger partial charge in [-0.05, 0) is 6.92 Å². The lowest BCUT2D eigenvalue weighted by Crippen LogP contribution is -2.49. The fourth-order valence-corrected chi connectivity index (χ4v) is 3.28. The standard InChI is InChI=1S/C16H21F2N7O3/c1-11-15(25(27)28)14(16(17)18)20-24(11)10-13(26)23-5-3-22(4-6-23)9-12-7-19-21(2)8-12/h7-8,16H,3-6,9-10H2,1-2H3. The molecule has 0 aromatic carbocycles. The maximum absolute atomic E-state index is 13.0. The fourth-order valence-electron chi connectivity index (χ4n) is 3.28. The smallest absolute Gasteiger partial charge is 0.319 e. The third-order valence-corrected chi connectivity index (χ3v) is 4.76. The summed E-state index contributed by atoms with van der Waals surface area (Å²) in [7, 11) is 1.85. The van der Waals surface area contributed by atoms with Crippen molar-refractivity contribution in [1.29, 1.82) is 0 Å². The van der Waals surface area contributed by atoms with E-state index in [1.807, 2.05) is 13.2 Å². The van der Waals surface area contributed by atoms with Crippen LogP contribution >= 0.6 is 0 Å². The second-order valence-electron chi connectivity index (χ2n) is 6.71. The van der Waals surface area contributed by atoms with Crippen molar-refractivity contribution in [1.82, 2.24) is 29.4 Å². The zero-order chi connectivity index (χ0) is 20.4. The quantitative estimate of drug-likeness (QED) is 0.535. The Morgan fingerprint density at radius 2 is 2.00 bits per heavy atom. The molecule has 0 unspecified atom stereocenters. The molecule has 1 aliphatic heterocycles. The molecule has 152 valence electrons. The summed E-state index contributed by atoms with van der Waals surface area (Å²) >= 11 is 0. The van der Waals surface area contributed by atoms with Gasteiger partial charge in [0.15, 0.2) is 0 Å². The van der Waals surface area contributed by atoms with Crippen molar-refractivity contribution in [3.8, 4) is 0 Å². The van der Waals surface area contributed by atoms with Gasteiger partial charge in [-0.2, -0.15) is 10.2 Å². The molecule has 0 radical (unpaired) electrons. The number of alkyl halides is 2. The molecule has 0 atom stereocenters. The molecule has 10 nitrogen and oxygen atoms in total. The number of nitrogens with zero attached hydrogens (tertiary/aromatic N) is 7. The van der Waals surface area contributed by atoms with Crippen LogP contribution in [-0.4, -0.2) is 66.4 Å². The molecule has 1 aliphatic rings. The summed E-state index contributed by atoms with van der Waals surface area (Å²) < 4.78 is 28.7. The van der Waals surface area contributed by atoms with Crippen molar-refractivity contribution in [3.05, 3.63) is 39.5 Å². The molecule has 28 heavy (non-hydrogen) atoms. The van der Waals surface area contributed by atoms with Crippen molar-refractivity contribution in [2.45, 2.75) is 26.4 Å². The van der Waals surface area contributed by atoms with Crippen molar-refractivity contribution >= 4 is 11.6 Å². The minimum absolute atomic E-state index is 0.0520. The van der Waals surface area contributed by atoms with Crippen LogP contribution in [0.4, 0.5) is 14.5 Å². The van der Waals surface area contributed by atoms with E-state index >= 15 is 0 Å². The zero-order valence-corrected chi connectivity index (χ0v) is 15.6. The van der Waals surface area contributed by atoms with Crippen LogP contribution in [0.5, 0.6) is 0 Å². The van der Waals surface area contributed by atoms with Gasteiger partial charge in [0, 0.05) is 51.5 Å². The first-order valence-electron chi connectivity index (χ1n) is 8.73. The highest BCUT2D eigenvalue weighted by molar-refractivity contribution is 5.76. The van der Waals surface area contributed by atoms with Crippen molar-refractivity contribution in [2.24, 2.45) is 7.05 Å². The molecule has 2 aromatic heterocycles. The van der Waals surface area contributed by atoms with E-state index < -0.39 is 22.7 Å². The summed E-state index contributed by atoms with van der Waals surface area (Å²) in [6.07, 6.45) is 0.656. The molecular weight excluding hydrogens is 376 g/mol. The number of aryl methyl sites for hydroxylation is 1. The summed E-state index contributed by atoms with van der Waals surface area (Å²) in [4.78, 5) is 26.5. The predicted octanol–water partition coefficient (Wildman–Crippen LogP) is 1.12. The van der Waals surface area contributed by atoms with Gasteiger partial charge in [-0.15, -0.1) is 0 Å². The molecule has 1 amide bonds. The van der Waals surface area contributed by atoms with Crippen molar-refractivity contribution in [3.63, 3.8) is 0 Å². The largest absolute Gasteiger partial charge is 0.339 e. The van der Waals surface area contributed by atoms with E-state index in [1.54, 1.807) is 15.8 Å². The summed E-state index contributed by atoms with van der Waals surface area (Å²) in [5.41, 5.74) is -0.606. The Morgan fingerprint density at radius 1 is 1.32 bits per heavy atom. The van der Waals surface area contributed by atoms with E-state index in [1.165, 1.54) is 6.92 Å². The van der Waals surface area contributed by atoms with Crippen LogP contribution in [0.2, 0.25) is 0 Å². The topological polar surface area (TPSA) is 102 Å². The molecule has 12 heteroatoms. The Morgan fingerprint density at radius 3 is 2.50 bits per heavy atom.